The van der Waals surface area contributed by atoms with Crippen LogP contribution < -0.4 is 10.6 Å². The minimum absolute atomic E-state index is 0.758. The largest absolute Gasteiger partial charge is 0.362 e. The number of hydrogen-bond donors (Lipinski definition) is 2. The first-order valence-corrected chi connectivity index (χ1v) is 10.3. The molecule has 0 fully saturated rings. The summed E-state index contributed by atoms with van der Waals surface area (Å²) in [5.41, 5.74) is 3.88. The zero-order valence-electron chi connectivity index (χ0n) is 15.9. The van der Waals surface area contributed by atoms with Crippen molar-refractivity contribution in [3.63, 3.8) is 0 Å². The number of unbranched alkanes of at least 4 members (excludes halogenated alkanes) is 7. The molecule has 1 aromatic rings. The molecule has 0 amide bonds. The number of aryl methyl sites for hydroxylation is 2. The van der Waals surface area contributed by atoms with Gasteiger partial charge in [-0.25, -0.2) is 0 Å². The quantitative estimate of drug-likeness (QED) is 0.345. The van der Waals surface area contributed by atoms with Gasteiger partial charge in [0.1, 0.15) is 0 Å². The van der Waals surface area contributed by atoms with E-state index in [0.717, 1.165) is 24.5 Å². The Morgan fingerprint density at radius 3 is 1.92 bits per heavy atom. The molecule has 0 heterocycles. The van der Waals surface area contributed by atoms with Crippen LogP contribution in [0.15, 0.2) is 18.2 Å². The second-order valence-corrected chi connectivity index (χ2v) is 6.92. The van der Waals surface area contributed by atoms with Crippen LogP contribution in [0.3, 0.4) is 0 Å². The highest BCUT2D eigenvalue weighted by molar-refractivity contribution is 7.80. The third-order valence-corrected chi connectivity index (χ3v) is 4.80. The van der Waals surface area contributed by atoms with Gasteiger partial charge in [0.25, 0.3) is 0 Å². The molecule has 1 rings (SSSR count). The van der Waals surface area contributed by atoms with E-state index in [0.29, 0.717) is 0 Å². The van der Waals surface area contributed by atoms with Crippen molar-refractivity contribution in [3.8, 4) is 0 Å². The summed E-state index contributed by atoms with van der Waals surface area (Å²) >= 11 is 5.48. The maximum absolute atomic E-state index is 5.48. The first-order chi connectivity index (χ1) is 11.7. The van der Waals surface area contributed by atoms with Gasteiger partial charge in [-0.2, -0.15) is 0 Å². The molecule has 0 aromatic heterocycles. The standard InChI is InChI=1S/C21H36N2S/c1-4-7-8-9-10-11-12-13-17-22-21(24)23-20-18(5-2)15-14-16-19(20)6-3/h14-16H,4-13,17H2,1-3H3,(H2,22,23,24). The van der Waals surface area contributed by atoms with E-state index in [1.54, 1.807) is 0 Å². The number of anilines is 1. The molecule has 0 aliphatic heterocycles. The van der Waals surface area contributed by atoms with E-state index < -0.39 is 0 Å². The lowest BCUT2D eigenvalue weighted by molar-refractivity contribution is 0.573. The average molecular weight is 349 g/mol. The molecule has 0 unspecified atom stereocenters. The van der Waals surface area contributed by atoms with E-state index in [-0.39, 0.29) is 0 Å². The highest BCUT2D eigenvalue weighted by Gasteiger charge is 2.07. The van der Waals surface area contributed by atoms with Gasteiger partial charge in [0.05, 0.1) is 0 Å². The van der Waals surface area contributed by atoms with Crippen molar-refractivity contribution >= 4 is 23.0 Å². The third-order valence-electron chi connectivity index (χ3n) is 4.55. The van der Waals surface area contributed by atoms with Crippen molar-refractivity contribution < 1.29 is 0 Å². The molecule has 0 radical (unpaired) electrons. The van der Waals surface area contributed by atoms with Crippen LogP contribution in [0.2, 0.25) is 0 Å². The van der Waals surface area contributed by atoms with Crippen molar-refractivity contribution in [1.29, 1.82) is 0 Å². The molecule has 0 bridgehead atoms. The Kier molecular flexibility index (Phi) is 11.5. The molecular formula is C21H36N2S. The summed E-state index contributed by atoms with van der Waals surface area (Å²) in [4.78, 5) is 0. The number of para-hydroxylation sites is 1. The van der Waals surface area contributed by atoms with Gasteiger partial charge >= 0.3 is 0 Å². The molecule has 24 heavy (non-hydrogen) atoms. The monoisotopic (exact) mass is 348 g/mol. The van der Waals surface area contributed by atoms with Crippen LogP contribution in [0, 0.1) is 0 Å². The third kappa shape index (κ3) is 8.14. The minimum Gasteiger partial charge on any atom is -0.362 e. The zero-order chi connectivity index (χ0) is 17.6. The maximum Gasteiger partial charge on any atom is 0.170 e. The van der Waals surface area contributed by atoms with Gasteiger partial charge < -0.3 is 10.6 Å². The van der Waals surface area contributed by atoms with Crippen LogP contribution in [0.1, 0.15) is 83.3 Å². The number of thiocarbonyl (C=S) groups is 1. The van der Waals surface area contributed by atoms with Crippen molar-refractivity contribution in [3.05, 3.63) is 29.3 Å². The van der Waals surface area contributed by atoms with Gasteiger partial charge in [-0.15, -0.1) is 0 Å². The van der Waals surface area contributed by atoms with Crippen LogP contribution in [-0.2, 0) is 12.8 Å². The number of rotatable bonds is 12. The highest BCUT2D eigenvalue weighted by atomic mass is 32.1. The maximum atomic E-state index is 5.48. The Labute approximate surface area is 154 Å². The molecule has 0 saturated heterocycles. The number of nitrogens with one attached hydrogen (secondary N) is 2. The molecule has 0 saturated carbocycles. The molecule has 0 aliphatic rings. The molecule has 0 spiro atoms. The fourth-order valence-corrected chi connectivity index (χ4v) is 3.23. The molecule has 2 N–H and O–H groups in total. The number of hydrogen-bond acceptors (Lipinski definition) is 1. The summed E-state index contributed by atoms with van der Waals surface area (Å²) in [6.45, 7) is 7.62. The lowest BCUT2D eigenvalue weighted by atomic mass is 10.0. The second kappa shape index (κ2) is 13.2. The predicted octanol–water partition coefficient (Wildman–Crippen LogP) is 6.24. The molecule has 136 valence electrons. The molecule has 1 aromatic carbocycles. The number of benzene rings is 1. The van der Waals surface area contributed by atoms with E-state index in [1.165, 1.54) is 68.2 Å². The summed E-state index contributed by atoms with van der Waals surface area (Å²) < 4.78 is 0. The van der Waals surface area contributed by atoms with Gasteiger partial charge in [-0.3, -0.25) is 0 Å². The Morgan fingerprint density at radius 2 is 1.38 bits per heavy atom. The van der Waals surface area contributed by atoms with E-state index in [2.05, 4.69) is 49.6 Å². The van der Waals surface area contributed by atoms with Crippen LogP contribution in [-0.4, -0.2) is 11.7 Å². The lowest BCUT2D eigenvalue weighted by Gasteiger charge is -2.17. The van der Waals surface area contributed by atoms with Gasteiger partial charge in [-0.05, 0) is 42.6 Å². The SMILES string of the molecule is CCCCCCCCCCNC(=S)Nc1c(CC)cccc1CC. The summed E-state index contributed by atoms with van der Waals surface area (Å²) in [6.07, 6.45) is 12.8. The zero-order valence-corrected chi connectivity index (χ0v) is 16.7. The summed E-state index contributed by atoms with van der Waals surface area (Å²) in [7, 11) is 0. The fraction of sp³-hybridized carbons (Fsp3) is 0.667. The van der Waals surface area contributed by atoms with Crippen LogP contribution >= 0.6 is 12.2 Å². The predicted molar refractivity (Wildman–Crippen MR) is 112 cm³/mol. The first kappa shape index (κ1) is 21.0. The molecule has 2 nitrogen and oxygen atoms in total. The Morgan fingerprint density at radius 1 is 0.833 bits per heavy atom. The van der Waals surface area contributed by atoms with E-state index in [4.69, 9.17) is 12.2 Å². The Balaban J connectivity index is 2.23. The molecular weight excluding hydrogens is 312 g/mol. The van der Waals surface area contributed by atoms with Crippen molar-refractivity contribution in [1.82, 2.24) is 5.32 Å². The topological polar surface area (TPSA) is 24.1 Å². The summed E-state index contributed by atoms with van der Waals surface area (Å²) in [5, 5.41) is 7.55. The van der Waals surface area contributed by atoms with Crippen molar-refractivity contribution in [2.45, 2.75) is 85.0 Å². The highest BCUT2D eigenvalue weighted by Crippen LogP contribution is 2.22. The summed E-state index contributed by atoms with van der Waals surface area (Å²) in [6, 6.07) is 6.51. The minimum atomic E-state index is 0.758. The van der Waals surface area contributed by atoms with Gasteiger partial charge in [0.15, 0.2) is 5.11 Å². The van der Waals surface area contributed by atoms with Crippen molar-refractivity contribution in [2.24, 2.45) is 0 Å². The van der Waals surface area contributed by atoms with Gasteiger partial charge in [-0.1, -0.05) is 83.9 Å². The van der Waals surface area contributed by atoms with Gasteiger partial charge in [0, 0.05) is 12.2 Å². The fourth-order valence-electron chi connectivity index (χ4n) is 3.02. The Bertz CT molecular complexity index is 449. The second-order valence-electron chi connectivity index (χ2n) is 6.51. The van der Waals surface area contributed by atoms with E-state index in [9.17, 15) is 0 Å². The average Bonchev–Trinajstić information content (AvgIpc) is 2.60. The molecule has 3 heteroatoms. The Hall–Kier alpha value is -1.09. The summed E-state index contributed by atoms with van der Waals surface area (Å²) in [5.74, 6) is 0. The normalized spacial score (nSPS) is 10.6. The van der Waals surface area contributed by atoms with E-state index >= 15 is 0 Å². The van der Waals surface area contributed by atoms with Gasteiger partial charge in [0.2, 0.25) is 0 Å². The lowest BCUT2D eigenvalue weighted by Crippen LogP contribution is -2.30. The smallest absolute Gasteiger partial charge is 0.170 e. The molecule has 0 atom stereocenters. The first-order valence-electron chi connectivity index (χ1n) is 9.88. The van der Waals surface area contributed by atoms with E-state index in [1.807, 2.05) is 0 Å². The van der Waals surface area contributed by atoms with Crippen LogP contribution in [0.25, 0.3) is 0 Å². The van der Waals surface area contributed by atoms with Crippen LogP contribution in [0.5, 0.6) is 0 Å². The van der Waals surface area contributed by atoms with Crippen molar-refractivity contribution in [2.75, 3.05) is 11.9 Å². The molecule has 0 aliphatic carbocycles. The van der Waals surface area contributed by atoms with Crippen LogP contribution in [0.4, 0.5) is 5.69 Å².